The van der Waals surface area contributed by atoms with E-state index in [1.165, 1.54) is 88.6 Å². The Bertz CT molecular complexity index is 2670. The van der Waals surface area contributed by atoms with Crippen molar-refractivity contribution in [3.8, 4) is 22.8 Å². The first-order valence-corrected chi connectivity index (χ1v) is 14.9. The minimum Gasteiger partial charge on any atom is -0.308 e. The molecule has 0 radical (unpaired) electrons. The summed E-state index contributed by atoms with van der Waals surface area (Å²) in [6.45, 7) is 4.80. The van der Waals surface area contributed by atoms with Gasteiger partial charge in [0.05, 0.1) is 34.0 Å². The van der Waals surface area contributed by atoms with Crippen LogP contribution in [0.5, 0.6) is 0 Å². The van der Waals surface area contributed by atoms with Crippen molar-refractivity contribution in [2.24, 2.45) is 0 Å². The lowest BCUT2D eigenvalue weighted by molar-refractivity contribution is -0.961. The van der Waals surface area contributed by atoms with Crippen molar-refractivity contribution in [2.75, 3.05) is 0 Å². The van der Waals surface area contributed by atoms with Crippen LogP contribution >= 0.6 is 0 Å². The van der Waals surface area contributed by atoms with Crippen LogP contribution in [0, 0.1) is 0 Å². The molecule has 4 nitrogen and oxygen atoms in total. The quantitative estimate of drug-likeness (QED) is 0.186. The summed E-state index contributed by atoms with van der Waals surface area (Å²) in [6.07, 6.45) is 4.66. The number of aromatic nitrogens is 4. The molecule has 1 unspecified atom stereocenters. The van der Waals surface area contributed by atoms with Crippen LogP contribution < -0.4 is 9.13 Å². The standard InChI is InChI=1S/C38H24N4/c1-37(2)26-11-7-10-22-24-17-18-30-32-35(24)42(33(22)26)36-27(37)12-8-20-40(36)38(32)31-25(28-13-5-6-19-39(28)38)16-15-23-21-9-3-4-14-29(21)41(30)34(23)31/h3-20H,1-2H3/q+2. The molecule has 0 saturated heterocycles. The molecule has 4 aromatic heterocycles. The maximum Gasteiger partial charge on any atom is 0.371 e. The average Bonchev–Trinajstić information content (AvgIpc) is 3.65. The SMILES string of the molecule is CC1(C)c2ccc[n+]3c2-n2c4c1cccc4c1ccc4c(c12)C31c2c(ccc3c5ccccc5n-4c23)-c2cccc[n+]21. The number of pyridine rings is 2. The molecule has 0 N–H and O–H groups in total. The second kappa shape index (κ2) is 6.02. The van der Waals surface area contributed by atoms with Gasteiger partial charge in [-0.2, -0.15) is 9.13 Å². The van der Waals surface area contributed by atoms with Crippen molar-refractivity contribution in [1.82, 2.24) is 9.13 Å². The Labute approximate surface area is 240 Å². The van der Waals surface area contributed by atoms with E-state index in [-0.39, 0.29) is 5.41 Å². The van der Waals surface area contributed by atoms with Crippen molar-refractivity contribution < 1.29 is 9.13 Å². The highest BCUT2D eigenvalue weighted by Gasteiger charge is 2.68. The molecular weight excluding hydrogens is 512 g/mol. The predicted molar refractivity (Wildman–Crippen MR) is 165 cm³/mol. The third kappa shape index (κ3) is 1.75. The lowest BCUT2D eigenvalue weighted by Gasteiger charge is -2.38. The zero-order valence-electron chi connectivity index (χ0n) is 23.2. The van der Waals surface area contributed by atoms with Crippen LogP contribution in [0.1, 0.15) is 36.1 Å². The summed E-state index contributed by atoms with van der Waals surface area (Å²) in [6, 6.07) is 36.7. The van der Waals surface area contributed by atoms with E-state index in [0.29, 0.717) is 0 Å². The number of rotatable bonds is 0. The van der Waals surface area contributed by atoms with Crippen LogP contribution in [0.25, 0.3) is 66.4 Å². The Balaban J connectivity index is 1.50. The van der Waals surface area contributed by atoms with Gasteiger partial charge in [-0.3, -0.25) is 0 Å². The van der Waals surface area contributed by atoms with Crippen LogP contribution in [-0.4, -0.2) is 9.13 Å². The van der Waals surface area contributed by atoms with Crippen LogP contribution in [0.4, 0.5) is 0 Å². The first-order chi connectivity index (χ1) is 20.6. The molecule has 12 rings (SSSR count). The van der Waals surface area contributed by atoms with E-state index in [4.69, 9.17) is 0 Å². The third-order valence-corrected chi connectivity index (χ3v) is 11.1. The van der Waals surface area contributed by atoms with Gasteiger partial charge in [0.2, 0.25) is 5.69 Å². The van der Waals surface area contributed by atoms with Gasteiger partial charge in [-0.25, -0.2) is 0 Å². The van der Waals surface area contributed by atoms with Crippen molar-refractivity contribution in [3.63, 3.8) is 0 Å². The molecule has 1 spiro atoms. The monoisotopic (exact) mass is 536 g/mol. The predicted octanol–water partition coefficient (Wildman–Crippen LogP) is 7.00. The first kappa shape index (κ1) is 20.6. The summed E-state index contributed by atoms with van der Waals surface area (Å²) in [7, 11) is 0. The van der Waals surface area contributed by atoms with Gasteiger partial charge in [-0.1, -0.05) is 50.2 Å². The summed E-state index contributed by atoms with van der Waals surface area (Å²) in [5.41, 5.74) is 14.0. The molecule has 4 heteroatoms. The van der Waals surface area contributed by atoms with Gasteiger partial charge in [0.25, 0.3) is 5.82 Å². The summed E-state index contributed by atoms with van der Waals surface area (Å²) < 4.78 is 10.4. The molecule has 0 saturated carbocycles. The topological polar surface area (TPSA) is 17.6 Å². The number of fused-ring (bicyclic) bond motifs is 7. The summed E-state index contributed by atoms with van der Waals surface area (Å²) in [5, 5.41) is 5.31. The fourth-order valence-corrected chi connectivity index (χ4v) is 9.55. The highest BCUT2D eigenvalue weighted by Crippen LogP contribution is 2.57. The number of nitrogens with zero attached hydrogens (tertiary/aromatic N) is 4. The second-order valence-electron chi connectivity index (χ2n) is 13.0. The molecule has 0 aliphatic carbocycles. The fourth-order valence-electron chi connectivity index (χ4n) is 9.55. The summed E-state index contributed by atoms with van der Waals surface area (Å²) in [4.78, 5) is 0. The second-order valence-corrected chi connectivity index (χ2v) is 13.0. The molecule has 1 atom stereocenters. The Morgan fingerprint density at radius 2 is 1.29 bits per heavy atom. The van der Waals surface area contributed by atoms with Crippen LogP contribution in [0.3, 0.4) is 0 Å². The minimum atomic E-state index is -0.548. The van der Waals surface area contributed by atoms with Crippen molar-refractivity contribution in [2.45, 2.75) is 24.9 Å². The number of hydrogen-bond donors (Lipinski definition) is 0. The van der Waals surface area contributed by atoms with Gasteiger partial charge in [-0.05, 0) is 48.5 Å². The Morgan fingerprint density at radius 1 is 0.548 bits per heavy atom. The largest absolute Gasteiger partial charge is 0.371 e. The molecular formula is C38H24N4+2. The zero-order chi connectivity index (χ0) is 27.3. The van der Waals surface area contributed by atoms with Crippen LogP contribution in [-0.2, 0) is 11.1 Å². The summed E-state index contributed by atoms with van der Waals surface area (Å²) >= 11 is 0. The first-order valence-electron chi connectivity index (χ1n) is 14.9. The molecule has 194 valence electrons. The van der Waals surface area contributed by atoms with Crippen molar-refractivity contribution in [3.05, 3.63) is 132 Å². The van der Waals surface area contributed by atoms with Crippen LogP contribution in [0.15, 0.2) is 109 Å². The van der Waals surface area contributed by atoms with E-state index < -0.39 is 5.66 Å². The van der Waals surface area contributed by atoms with E-state index >= 15 is 0 Å². The van der Waals surface area contributed by atoms with E-state index in [9.17, 15) is 0 Å². The molecule has 4 aliphatic heterocycles. The van der Waals surface area contributed by atoms with Gasteiger partial charge in [0.15, 0.2) is 11.7 Å². The number of para-hydroxylation sites is 2. The average molecular weight is 537 g/mol. The van der Waals surface area contributed by atoms with Gasteiger partial charge in [0, 0.05) is 44.7 Å². The minimum absolute atomic E-state index is 0.138. The molecule has 0 bridgehead atoms. The normalized spacial score (nSPS) is 19.0. The van der Waals surface area contributed by atoms with Gasteiger partial charge in [-0.15, -0.1) is 4.57 Å². The highest BCUT2D eigenvalue weighted by atomic mass is 15.4. The maximum absolute atomic E-state index is 2.63. The zero-order valence-corrected chi connectivity index (χ0v) is 23.2. The van der Waals surface area contributed by atoms with Crippen molar-refractivity contribution in [1.29, 1.82) is 0 Å². The van der Waals surface area contributed by atoms with Crippen molar-refractivity contribution >= 4 is 43.6 Å². The lowest BCUT2D eigenvalue weighted by atomic mass is 9.75. The molecule has 0 fully saturated rings. The van der Waals surface area contributed by atoms with Gasteiger partial charge >= 0.3 is 5.66 Å². The molecule has 4 aliphatic rings. The Morgan fingerprint density at radius 3 is 2.24 bits per heavy atom. The molecule has 8 aromatic rings. The molecule has 0 amide bonds. The lowest BCUT2D eigenvalue weighted by Crippen LogP contribution is -2.76. The third-order valence-electron chi connectivity index (χ3n) is 11.1. The van der Waals surface area contributed by atoms with E-state index in [1.807, 2.05) is 0 Å². The number of benzene rings is 4. The Kier molecular flexibility index (Phi) is 2.96. The van der Waals surface area contributed by atoms with E-state index in [0.717, 1.165) is 0 Å². The smallest absolute Gasteiger partial charge is 0.308 e. The maximum atomic E-state index is 2.63. The van der Waals surface area contributed by atoms with Gasteiger partial charge in [0.1, 0.15) is 16.6 Å². The molecule has 42 heavy (non-hydrogen) atoms. The van der Waals surface area contributed by atoms with E-state index in [1.54, 1.807) is 0 Å². The number of hydrogen-bond acceptors (Lipinski definition) is 0. The summed E-state index contributed by atoms with van der Waals surface area (Å²) in [5.74, 6) is 1.29. The molecule has 4 aromatic carbocycles. The van der Waals surface area contributed by atoms with Crippen LogP contribution in [0.2, 0.25) is 0 Å². The van der Waals surface area contributed by atoms with E-state index in [2.05, 4.69) is 142 Å². The fraction of sp³-hybridized carbons (Fsp3) is 0.105. The Hall–Kier alpha value is -5.22. The van der Waals surface area contributed by atoms with Gasteiger partial charge < -0.3 is 4.57 Å². The molecule has 8 heterocycles. The highest BCUT2D eigenvalue weighted by molar-refractivity contribution is 6.17.